The third-order valence-corrected chi connectivity index (χ3v) is 2.10. The molecule has 3 N–H and O–H groups in total. The largest absolute Gasteiger partial charge is 0.475 e. The fraction of sp³-hybridized carbons (Fsp3) is 0.333. The molecular formula is C12H16N4O2. The zero-order chi connectivity index (χ0) is 13.0. The van der Waals surface area contributed by atoms with E-state index in [9.17, 15) is 0 Å². The van der Waals surface area contributed by atoms with Crippen LogP contribution in [0.1, 0.15) is 19.6 Å². The Morgan fingerprint density at radius 3 is 2.94 bits per heavy atom. The van der Waals surface area contributed by atoms with E-state index in [4.69, 9.17) is 14.9 Å². The van der Waals surface area contributed by atoms with Crippen LogP contribution in [0.3, 0.4) is 0 Å². The molecule has 0 aliphatic carbocycles. The molecule has 0 atom stereocenters. The van der Waals surface area contributed by atoms with Crippen LogP contribution in [-0.4, -0.2) is 16.1 Å². The second kappa shape index (κ2) is 5.39. The second-order valence-corrected chi connectivity index (χ2v) is 4.05. The van der Waals surface area contributed by atoms with Crippen LogP contribution in [0.4, 0.5) is 11.8 Å². The summed E-state index contributed by atoms with van der Waals surface area (Å²) in [4.78, 5) is 8.07. The van der Waals surface area contributed by atoms with E-state index in [0.717, 1.165) is 5.76 Å². The molecule has 0 spiro atoms. The van der Waals surface area contributed by atoms with Gasteiger partial charge in [0, 0.05) is 6.07 Å². The summed E-state index contributed by atoms with van der Waals surface area (Å²) in [6.45, 7) is 4.38. The number of nitrogens with one attached hydrogen (secondary N) is 1. The fourth-order valence-electron chi connectivity index (χ4n) is 1.43. The molecule has 2 heterocycles. The average molecular weight is 248 g/mol. The highest BCUT2D eigenvalue weighted by Crippen LogP contribution is 2.16. The number of anilines is 2. The molecule has 0 saturated heterocycles. The van der Waals surface area contributed by atoms with E-state index < -0.39 is 0 Å². The third kappa shape index (κ3) is 3.38. The van der Waals surface area contributed by atoms with E-state index in [0.29, 0.717) is 18.2 Å². The Morgan fingerprint density at radius 1 is 1.44 bits per heavy atom. The molecule has 0 aromatic carbocycles. The molecule has 0 aliphatic heterocycles. The summed E-state index contributed by atoms with van der Waals surface area (Å²) in [6, 6.07) is 5.42. The molecule has 2 aromatic rings. The van der Waals surface area contributed by atoms with Gasteiger partial charge in [0.1, 0.15) is 11.6 Å². The molecular weight excluding hydrogens is 232 g/mol. The normalized spacial score (nSPS) is 10.6. The Morgan fingerprint density at radius 2 is 2.28 bits per heavy atom. The second-order valence-electron chi connectivity index (χ2n) is 4.05. The minimum absolute atomic E-state index is 0.0391. The van der Waals surface area contributed by atoms with Gasteiger partial charge in [-0.3, -0.25) is 0 Å². The monoisotopic (exact) mass is 248 g/mol. The lowest BCUT2D eigenvalue weighted by atomic mass is 10.4. The van der Waals surface area contributed by atoms with Gasteiger partial charge in [-0.05, 0) is 26.0 Å². The number of rotatable bonds is 5. The first kappa shape index (κ1) is 12.2. The maximum absolute atomic E-state index is 5.62. The van der Waals surface area contributed by atoms with Crippen molar-refractivity contribution in [3.8, 4) is 5.88 Å². The van der Waals surface area contributed by atoms with Crippen molar-refractivity contribution in [1.82, 2.24) is 9.97 Å². The predicted molar refractivity (Wildman–Crippen MR) is 68.2 cm³/mol. The van der Waals surface area contributed by atoms with Crippen molar-refractivity contribution in [3.05, 3.63) is 30.2 Å². The molecule has 18 heavy (non-hydrogen) atoms. The maximum Gasteiger partial charge on any atom is 0.225 e. The van der Waals surface area contributed by atoms with Crippen LogP contribution < -0.4 is 15.8 Å². The van der Waals surface area contributed by atoms with Crippen LogP contribution in [0.2, 0.25) is 0 Å². The van der Waals surface area contributed by atoms with Crippen LogP contribution in [0, 0.1) is 0 Å². The number of aromatic nitrogens is 2. The molecule has 0 aliphatic rings. The van der Waals surface area contributed by atoms with Gasteiger partial charge in [-0.25, -0.2) is 0 Å². The zero-order valence-electron chi connectivity index (χ0n) is 10.4. The quantitative estimate of drug-likeness (QED) is 0.842. The molecule has 2 aromatic heterocycles. The topological polar surface area (TPSA) is 86.2 Å². The average Bonchev–Trinajstić information content (AvgIpc) is 2.77. The van der Waals surface area contributed by atoms with Crippen LogP contribution in [-0.2, 0) is 6.54 Å². The molecule has 6 heteroatoms. The van der Waals surface area contributed by atoms with Gasteiger partial charge in [-0.2, -0.15) is 9.97 Å². The van der Waals surface area contributed by atoms with Gasteiger partial charge in [-0.15, -0.1) is 0 Å². The molecule has 0 unspecified atom stereocenters. The number of hydrogen-bond acceptors (Lipinski definition) is 6. The van der Waals surface area contributed by atoms with Crippen molar-refractivity contribution in [2.24, 2.45) is 0 Å². The highest BCUT2D eigenvalue weighted by atomic mass is 16.5. The van der Waals surface area contributed by atoms with Gasteiger partial charge in [0.2, 0.25) is 11.8 Å². The van der Waals surface area contributed by atoms with Crippen LogP contribution in [0.5, 0.6) is 5.88 Å². The first-order valence-electron chi connectivity index (χ1n) is 5.71. The van der Waals surface area contributed by atoms with E-state index in [1.54, 1.807) is 12.3 Å². The van der Waals surface area contributed by atoms with Gasteiger partial charge < -0.3 is 20.2 Å². The van der Waals surface area contributed by atoms with Crippen molar-refractivity contribution >= 4 is 11.8 Å². The number of furan rings is 1. The standard InChI is InChI=1S/C12H16N4O2/c1-8(2)18-11-6-10(15-12(13)16-11)14-7-9-4-3-5-17-9/h3-6,8H,7H2,1-2H3,(H3,13,14,15,16). The Labute approximate surface area is 105 Å². The van der Waals surface area contributed by atoms with Gasteiger partial charge >= 0.3 is 0 Å². The summed E-state index contributed by atoms with van der Waals surface area (Å²) in [5, 5.41) is 3.10. The lowest BCUT2D eigenvalue weighted by Gasteiger charge is -2.10. The molecule has 96 valence electrons. The molecule has 2 rings (SSSR count). The van der Waals surface area contributed by atoms with Gasteiger partial charge in [-0.1, -0.05) is 0 Å². The van der Waals surface area contributed by atoms with Crippen molar-refractivity contribution in [2.75, 3.05) is 11.1 Å². The van der Waals surface area contributed by atoms with Crippen molar-refractivity contribution in [1.29, 1.82) is 0 Å². The Kier molecular flexibility index (Phi) is 3.66. The lowest BCUT2D eigenvalue weighted by molar-refractivity contribution is 0.233. The maximum atomic E-state index is 5.62. The van der Waals surface area contributed by atoms with Crippen molar-refractivity contribution in [3.63, 3.8) is 0 Å². The van der Waals surface area contributed by atoms with Crippen molar-refractivity contribution in [2.45, 2.75) is 26.5 Å². The summed E-state index contributed by atoms with van der Waals surface area (Å²) in [5.41, 5.74) is 5.62. The number of nitrogens with two attached hydrogens (primary N) is 1. The first-order valence-corrected chi connectivity index (χ1v) is 5.71. The SMILES string of the molecule is CC(C)Oc1cc(NCc2ccco2)nc(N)n1. The third-order valence-electron chi connectivity index (χ3n) is 2.10. The molecule has 0 bridgehead atoms. The van der Waals surface area contributed by atoms with Gasteiger partial charge in [0.15, 0.2) is 0 Å². The summed E-state index contributed by atoms with van der Waals surface area (Å²) in [5.74, 6) is 2.06. The molecule has 0 saturated carbocycles. The van der Waals surface area contributed by atoms with E-state index in [1.807, 2.05) is 26.0 Å². The minimum Gasteiger partial charge on any atom is -0.475 e. The number of nitrogens with zero attached hydrogens (tertiary/aromatic N) is 2. The summed E-state index contributed by atoms with van der Waals surface area (Å²) in [6.07, 6.45) is 1.66. The van der Waals surface area contributed by atoms with E-state index in [1.165, 1.54) is 0 Å². The molecule has 0 radical (unpaired) electrons. The summed E-state index contributed by atoms with van der Waals surface area (Å²) < 4.78 is 10.7. The Balaban J connectivity index is 2.05. The Bertz CT molecular complexity index is 497. The van der Waals surface area contributed by atoms with Crippen LogP contribution in [0.25, 0.3) is 0 Å². The number of ether oxygens (including phenoxy) is 1. The van der Waals surface area contributed by atoms with Crippen LogP contribution >= 0.6 is 0 Å². The van der Waals surface area contributed by atoms with E-state index in [2.05, 4.69) is 15.3 Å². The highest BCUT2D eigenvalue weighted by Gasteiger charge is 2.05. The van der Waals surface area contributed by atoms with Crippen molar-refractivity contribution < 1.29 is 9.15 Å². The lowest BCUT2D eigenvalue weighted by Crippen LogP contribution is -2.10. The van der Waals surface area contributed by atoms with Gasteiger partial charge in [0.05, 0.1) is 18.9 Å². The fourth-order valence-corrected chi connectivity index (χ4v) is 1.43. The van der Waals surface area contributed by atoms with Crippen LogP contribution in [0.15, 0.2) is 28.9 Å². The highest BCUT2D eigenvalue weighted by molar-refractivity contribution is 5.42. The predicted octanol–water partition coefficient (Wildman–Crippen LogP) is 2.05. The molecule has 0 amide bonds. The first-order chi connectivity index (χ1) is 8.63. The minimum atomic E-state index is 0.0391. The smallest absolute Gasteiger partial charge is 0.225 e. The number of nitrogen functional groups attached to an aromatic ring is 1. The summed E-state index contributed by atoms with van der Waals surface area (Å²) >= 11 is 0. The van der Waals surface area contributed by atoms with Gasteiger partial charge in [0.25, 0.3) is 0 Å². The van der Waals surface area contributed by atoms with E-state index >= 15 is 0 Å². The van der Waals surface area contributed by atoms with E-state index in [-0.39, 0.29) is 12.1 Å². The Hall–Kier alpha value is -2.24. The molecule has 6 nitrogen and oxygen atoms in total. The summed E-state index contributed by atoms with van der Waals surface area (Å²) in [7, 11) is 0. The molecule has 0 fully saturated rings. The number of hydrogen-bond donors (Lipinski definition) is 2. The zero-order valence-corrected chi connectivity index (χ0v) is 10.4.